The van der Waals surface area contributed by atoms with Crippen molar-refractivity contribution < 1.29 is 18.0 Å². The molecule has 2 aromatic carbocycles. The van der Waals surface area contributed by atoms with Gasteiger partial charge in [0.1, 0.15) is 0 Å². The smallest absolute Gasteiger partial charge is 0.326 e. The van der Waals surface area contributed by atoms with Crippen LogP contribution in [0.2, 0.25) is 15.1 Å². The zero-order chi connectivity index (χ0) is 17.2. The summed E-state index contributed by atoms with van der Waals surface area (Å²) in [6, 6.07) is 7.89. The fourth-order valence-corrected chi connectivity index (χ4v) is 2.64. The molecule has 0 spiro atoms. The topological polar surface area (TPSA) is 29.1 Å². The Kier molecular flexibility index (Phi) is 5.45. The number of carbonyl (C=O) groups is 1. The predicted molar refractivity (Wildman–Crippen MR) is 85.2 cm³/mol. The molecule has 0 fully saturated rings. The quantitative estimate of drug-likeness (QED) is 0.709. The van der Waals surface area contributed by atoms with Crippen LogP contribution in [0.5, 0.6) is 0 Å². The van der Waals surface area contributed by atoms with Crippen LogP contribution in [0.25, 0.3) is 0 Å². The zero-order valence-electron chi connectivity index (χ0n) is 11.3. The Labute approximate surface area is 145 Å². The lowest BCUT2D eigenvalue weighted by Gasteiger charge is -2.12. The highest BCUT2D eigenvalue weighted by Gasteiger charge is 2.33. The molecule has 0 saturated carbocycles. The predicted octanol–water partition coefficient (Wildman–Crippen LogP) is 5.85. The standard InChI is InChI=1S/C15H9Cl3F3NO/c16-11-2-1-3-12(17)9(11)7-14(23)22-8-4-5-13(18)10(6-8)15(19,20)21/h1-6H,7H2,(H,22,23). The minimum atomic E-state index is -4.61. The lowest BCUT2D eigenvalue weighted by molar-refractivity contribution is -0.137. The summed E-state index contributed by atoms with van der Waals surface area (Å²) in [7, 11) is 0. The zero-order valence-corrected chi connectivity index (χ0v) is 13.6. The third kappa shape index (κ3) is 4.53. The molecule has 0 atom stereocenters. The minimum Gasteiger partial charge on any atom is -0.326 e. The van der Waals surface area contributed by atoms with Gasteiger partial charge in [0.25, 0.3) is 0 Å². The van der Waals surface area contributed by atoms with E-state index in [1.807, 2.05) is 0 Å². The Balaban J connectivity index is 2.18. The van der Waals surface area contributed by atoms with E-state index in [0.29, 0.717) is 15.6 Å². The summed E-state index contributed by atoms with van der Waals surface area (Å²) in [6.45, 7) is 0. The van der Waals surface area contributed by atoms with Gasteiger partial charge >= 0.3 is 6.18 Å². The molecule has 0 aliphatic carbocycles. The summed E-state index contributed by atoms with van der Waals surface area (Å²) in [5.41, 5.74) is -0.638. The van der Waals surface area contributed by atoms with Gasteiger partial charge in [-0.1, -0.05) is 40.9 Å². The van der Waals surface area contributed by atoms with Gasteiger partial charge in [0, 0.05) is 15.7 Å². The van der Waals surface area contributed by atoms with Crippen molar-refractivity contribution in [2.45, 2.75) is 12.6 Å². The van der Waals surface area contributed by atoms with Crippen molar-refractivity contribution in [3.63, 3.8) is 0 Å². The maximum absolute atomic E-state index is 12.8. The molecule has 0 saturated heterocycles. The summed E-state index contributed by atoms with van der Waals surface area (Å²) >= 11 is 17.4. The van der Waals surface area contributed by atoms with Gasteiger partial charge in [-0.25, -0.2) is 0 Å². The third-order valence-electron chi connectivity index (χ3n) is 2.95. The van der Waals surface area contributed by atoms with E-state index < -0.39 is 22.7 Å². The molecule has 2 aromatic rings. The number of alkyl halides is 3. The first-order chi connectivity index (χ1) is 10.7. The van der Waals surface area contributed by atoms with Gasteiger partial charge in [0.05, 0.1) is 17.0 Å². The van der Waals surface area contributed by atoms with E-state index in [4.69, 9.17) is 34.8 Å². The van der Waals surface area contributed by atoms with E-state index in [2.05, 4.69) is 5.32 Å². The van der Waals surface area contributed by atoms with Crippen LogP contribution in [0.3, 0.4) is 0 Å². The lowest BCUT2D eigenvalue weighted by Crippen LogP contribution is -2.16. The van der Waals surface area contributed by atoms with Crippen molar-refractivity contribution in [3.8, 4) is 0 Å². The number of hydrogen-bond donors (Lipinski definition) is 1. The SMILES string of the molecule is O=C(Cc1c(Cl)cccc1Cl)Nc1ccc(Cl)c(C(F)(F)F)c1. The van der Waals surface area contributed by atoms with Crippen molar-refractivity contribution in [2.75, 3.05) is 5.32 Å². The molecule has 8 heteroatoms. The molecule has 2 rings (SSSR count). The first kappa shape index (κ1) is 17.9. The van der Waals surface area contributed by atoms with Crippen molar-refractivity contribution in [2.24, 2.45) is 0 Å². The average Bonchev–Trinajstić information content (AvgIpc) is 2.44. The summed E-state index contributed by atoms with van der Waals surface area (Å²) in [6.07, 6.45) is -4.77. The van der Waals surface area contributed by atoms with Crippen molar-refractivity contribution >= 4 is 46.4 Å². The molecule has 122 valence electrons. The van der Waals surface area contributed by atoms with E-state index in [1.165, 1.54) is 6.07 Å². The molecule has 0 radical (unpaired) electrons. The fraction of sp³-hybridized carbons (Fsp3) is 0.133. The van der Waals surface area contributed by atoms with E-state index in [1.54, 1.807) is 18.2 Å². The van der Waals surface area contributed by atoms with E-state index in [9.17, 15) is 18.0 Å². The number of nitrogens with one attached hydrogen (secondary N) is 1. The van der Waals surface area contributed by atoms with Crippen molar-refractivity contribution in [1.29, 1.82) is 0 Å². The summed E-state index contributed by atoms with van der Waals surface area (Å²) in [4.78, 5) is 12.0. The van der Waals surface area contributed by atoms with Gasteiger partial charge in [-0.15, -0.1) is 0 Å². The second-order valence-corrected chi connectivity index (χ2v) is 5.84. The average molecular weight is 383 g/mol. The van der Waals surface area contributed by atoms with Crippen LogP contribution in [-0.2, 0) is 17.4 Å². The molecule has 0 unspecified atom stereocenters. The van der Waals surface area contributed by atoms with Crippen molar-refractivity contribution in [1.82, 2.24) is 0 Å². The van der Waals surface area contributed by atoms with Gasteiger partial charge in [0.15, 0.2) is 0 Å². The van der Waals surface area contributed by atoms with Crippen LogP contribution >= 0.6 is 34.8 Å². The van der Waals surface area contributed by atoms with Crippen LogP contribution < -0.4 is 5.32 Å². The van der Waals surface area contributed by atoms with Crippen LogP contribution in [0, 0.1) is 0 Å². The van der Waals surface area contributed by atoms with Gasteiger partial charge in [-0.3, -0.25) is 4.79 Å². The highest BCUT2D eigenvalue weighted by molar-refractivity contribution is 6.36. The Hall–Kier alpha value is -1.43. The van der Waals surface area contributed by atoms with Crippen molar-refractivity contribution in [3.05, 3.63) is 62.6 Å². The van der Waals surface area contributed by atoms with Gasteiger partial charge < -0.3 is 5.32 Å². The third-order valence-corrected chi connectivity index (χ3v) is 3.99. The van der Waals surface area contributed by atoms with Gasteiger partial charge in [-0.05, 0) is 35.9 Å². The Morgan fingerprint density at radius 2 is 1.61 bits per heavy atom. The number of benzene rings is 2. The summed E-state index contributed by atoms with van der Waals surface area (Å²) < 4.78 is 38.4. The molecule has 23 heavy (non-hydrogen) atoms. The van der Waals surface area contributed by atoms with Crippen LogP contribution in [0.1, 0.15) is 11.1 Å². The first-order valence-electron chi connectivity index (χ1n) is 6.28. The van der Waals surface area contributed by atoms with Crippen LogP contribution in [0.15, 0.2) is 36.4 Å². The molecule has 0 aliphatic heterocycles. The highest BCUT2D eigenvalue weighted by Crippen LogP contribution is 2.36. The molecule has 0 heterocycles. The van der Waals surface area contributed by atoms with Crippen LogP contribution in [0.4, 0.5) is 18.9 Å². The Morgan fingerprint density at radius 1 is 1.00 bits per heavy atom. The maximum atomic E-state index is 12.8. The van der Waals surface area contributed by atoms with E-state index in [-0.39, 0.29) is 12.1 Å². The molecule has 0 bridgehead atoms. The number of amides is 1. The molecule has 0 aliphatic rings. The number of halogens is 6. The number of anilines is 1. The Bertz CT molecular complexity index is 727. The number of hydrogen-bond acceptors (Lipinski definition) is 1. The summed E-state index contributed by atoms with van der Waals surface area (Å²) in [5.74, 6) is -0.546. The van der Waals surface area contributed by atoms with E-state index >= 15 is 0 Å². The maximum Gasteiger partial charge on any atom is 0.417 e. The van der Waals surface area contributed by atoms with Gasteiger partial charge in [-0.2, -0.15) is 13.2 Å². The largest absolute Gasteiger partial charge is 0.417 e. The normalized spacial score (nSPS) is 11.4. The van der Waals surface area contributed by atoms with Gasteiger partial charge in [0.2, 0.25) is 5.91 Å². The van der Waals surface area contributed by atoms with E-state index in [0.717, 1.165) is 12.1 Å². The molecular weight excluding hydrogens is 374 g/mol. The molecule has 0 aromatic heterocycles. The first-order valence-corrected chi connectivity index (χ1v) is 7.41. The minimum absolute atomic E-state index is 0.0186. The number of rotatable bonds is 3. The monoisotopic (exact) mass is 381 g/mol. The molecule has 1 amide bonds. The molecular formula is C15H9Cl3F3NO. The fourth-order valence-electron chi connectivity index (χ4n) is 1.89. The second-order valence-electron chi connectivity index (χ2n) is 4.62. The molecule has 1 N–H and O–H groups in total. The Morgan fingerprint density at radius 3 is 2.17 bits per heavy atom. The number of carbonyl (C=O) groups excluding carboxylic acids is 1. The molecule has 2 nitrogen and oxygen atoms in total. The highest BCUT2D eigenvalue weighted by atomic mass is 35.5. The second kappa shape index (κ2) is 6.99. The lowest BCUT2D eigenvalue weighted by atomic mass is 10.1. The summed E-state index contributed by atoms with van der Waals surface area (Å²) in [5, 5.41) is 2.54. The van der Waals surface area contributed by atoms with Crippen LogP contribution in [-0.4, -0.2) is 5.91 Å².